The minimum Gasteiger partial charge on any atom is -0.446 e. The van der Waals surface area contributed by atoms with Crippen molar-refractivity contribution in [1.29, 1.82) is 0 Å². The normalized spacial score (nSPS) is 19.4. The van der Waals surface area contributed by atoms with Crippen LogP contribution in [0, 0.1) is 0 Å². The van der Waals surface area contributed by atoms with Crippen molar-refractivity contribution < 1.29 is 23.6 Å². The second-order valence-electron chi connectivity index (χ2n) is 9.57. The molecule has 186 valence electrons. The third-order valence-corrected chi connectivity index (χ3v) is 6.61. The average molecular weight is 483 g/mol. The molecule has 0 aromatic carbocycles. The molecule has 2 aliphatic rings. The second kappa shape index (κ2) is 9.31. The molecule has 5 N–H and O–H groups in total. The van der Waals surface area contributed by atoms with E-state index in [4.69, 9.17) is 25.5 Å². The SMILES string of the molecule is CC1(C)OB(c2cnc(N)c(C(=O)Nc3ncccc3N3CCC(OC(N)=O)CC3)n2)OC1(C)C. The van der Waals surface area contributed by atoms with Gasteiger partial charge in [0.05, 0.1) is 22.5 Å². The zero-order chi connectivity index (χ0) is 25.4. The smallest absolute Gasteiger partial charge is 0.446 e. The number of rotatable bonds is 5. The maximum Gasteiger partial charge on any atom is 0.516 e. The van der Waals surface area contributed by atoms with Crippen molar-refractivity contribution in [2.24, 2.45) is 5.73 Å². The molecule has 0 atom stereocenters. The van der Waals surface area contributed by atoms with E-state index in [-0.39, 0.29) is 17.6 Å². The zero-order valence-electron chi connectivity index (χ0n) is 20.3. The van der Waals surface area contributed by atoms with Crippen LogP contribution >= 0.6 is 0 Å². The fourth-order valence-corrected chi connectivity index (χ4v) is 3.95. The van der Waals surface area contributed by atoms with E-state index in [1.165, 1.54) is 6.20 Å². The molecule has 4 heterocycles. The van der Waals surface area contributed by atoms with Gasteiger partial charge >= 0.3 is 13.2 Å². The maximum atomic E-state index is 13.2. The number of carbonyl (C=O) groups excluding carboxylic acids is 2. The summed E-state index contributed by atoms with van der Waals surface area (Å²) in [6.07, 6.45) is 3.24. The molecule has 0 radical (unpaired) electrons. The molecule has 2 aliphatic heterocycles. The lowest BCUT2D eigenvalue weighted by Crippen LogP contribution is -2.41. The minimum atomic E-state index is -0.783. The van der Waals surface area contributed by atoms with Gasteiger partial charge in [-0.3, -0.25) is 4.79 Å². The number of hydrogen-bond acceptors (Lipinski definition) is 10. The summed E-state index contributed by atoms with van der Waals surface area (Å²) in [5.74, 6) is -0.223. The van der Waals surface area contributed by atoms with Crippen LogP contribution in [0.1, 0.15) is 51.0 Å². The van der Waals surface area contributed by atoms with Crippen LogP contribution in [0.4, 0.5) is 22.1 Å². The molecule has 0 spiro atoms. The van der Waals surface area contributed by atoms with Crippen molar-refractivity contribution in [2.45, 2.75) is 57.8 Å². The van der Waals surface area contributed by atoms with E-state index in [0.29, 0.717) is 37.3 Å². The van der Waals surface area contributed by atoms with E-state index < -0.39 is 30.3 Å². The predicted molar refractivity (Wildman–Crippen MR) is 130 cm³/mol. The fraction of sp³-hybridized carbons (Fsp3) is 0.500. The van der Waals surface area contributed by atoms with Crippen LogP contribution in [0.2, 0.25) is 0 Å². The van der Waals surface area contributed by atoms with E-state index >= 15 is 0 Å². The van der Waals surface area contributed by atoms with E-state index in [1.54, 1.807) is 12.3 Å². The van der Waals surface area contributed by atoms with Gasteiger partial charge in [-0.05, 0) is 39.8 Å². The van der Waals surface area contributed by atoms with Crippen LogP contribution in [-0.4, -0.2) is 64.5 Å². The van der Waals surface area contributed by atoms with Gasteiger partial charge in [-0.15, -0.1) is 0 Å². The highest BCUT2D eigenvalue weighted by atomic mass is 16.7. The van der Waals surface area contributed by atoms with E-state index in [9.17, 15) is 9.59 Å². The lowest BCUT2D eigenvalue weighted by molar-refractivity contribution is 0.00578. The van der Waals surface area contributed by atoms with Crippen LogP contribution in [0.3, 0.4) is 0 Å². The van der Waals surface area contributed by atoms with Crippen molar-refractivity contribution in [3.8, 4) is 0 Å². The van der Waals surface area contributed by atoms with Crippen molar-refractivity contribution in [3.63, 3.8) is 0 Å². The number of carbonyl (C=O) groups is 2. The largest absolute Gasteiger partial charge is 0.516 e. The van der Waals surface area contributed by atoms with Gasteiger partial charge in [0.1, 0.15) is 6.10 Å². The van der Waals surface area contributed by atoms with Gasteiger partial charge in [-0.25, -0.2) is 19.7 Å². The number of pyridine rings is 1. The number of nitrogens with zero attached hydrogens (tertiary/aromatic N) is 4. The number of piperidine rings is 1. The number of nitrogens with one attached hydrogen (secondary N) is 1. The Labute approximate surface area is 203 Å². The van der Waals surface area contributed by atoms with Gasteiger partial charge in [0.25, 0.3) is 5.91 Å². The highest BCUT2D eigenvalue weighted by Crippen LogP contribution is 2.36. The van der Waals surface area contributed by atoms with Crippen molar-refractivity contribution in [3.05, 3.63) is 30.2 Å². The van der Waals surface area contributed by atoms with Gasteiger partial charge in [-0.1, -0.05) is 0 Å². The van der Waals surface area contributed by atoms with Crippen LogP contribution in [0.5, 0.6) is 0 Å². The Balaban J connectivity index is 1.50. The third kappa shape index (κ3) is 5.15. The topological polar surface area (TPSA) is 168 Å². The van der Waals surface area contributed by atoms with E-state index in [1.807, 2.05) is 33.8 Å². The summed E-state index contributed by atoms with van der Waals surface area (Å²) < 4.78 is 17.1. The number of anilines is 3. The number of primary amides is 1. The Kier molecular flexibility index (Phi) is 6.56. The Bertz CT molecular complexity index is 1110. The Hall–Kier alpha value is -3.45. The number of amides is 2. The maximum absolute atomic E-state index is 13.2. The molecule has 0 aliphatic carbocycles. The first-order valence-electron chi connectivity index (χ1n) is 11.4. The monoisotopic (exact) mass is 483 g/mol. The van der Waals surface area contributed by atoms with Crippen molar-refractivity contribution in [2.75, 3.05) is 29.0 Å². The summed E-state index contributed by atoms with van der Waals surface area (Å²) in [6, 6.07) is 3.64. The van der Waals surface area contributed by atoms with Gasteiger partial charge in [0.2, 0.25) is 0 Å². The standard InChI is InChI=1S/C22H30BN7O5/c1-21(2)22(3,4)35-23(34-21)15-12-27-17(24)16(28-15)19(31)29-18-14(6-5-9-26-18)30-10-7-13(8-11-30)33-20(25)32/h5-6,9,12-13H,7-8,10-11H2,1-4H3,(H2,24,27)(H2,25,32)(H,26,29,31). The molecule has 0 bridgehead atoms. The first kappa shape index (κ1) is 24.7. The molecule has 2 aromatic rings. The summed E-state index contributed by atoms with van der Waals surface area (Å²) in [5.41, 5.74) is 11.0. The molecular weight excluding hydrogens is 453 g/mol. The number of ether oxygens (including phenoxy) is 1. The molecule has 2 fully saturated rings. The summed E-state index contributed by atoms with van der Waals surface area (Å²) in [5, 5.41) is 2.80. The Morgan fingerprint density at radius 1 is 1.17 bits per heavy atom. The predicted octanol–water partition coefficient (Wildman–Crippen LogP) is 1.07. The number of nitrogen functional groups attached to an aromatic ring is 1. The molecule has 13 heteroatoms. The second-order valence-corrected chi connectivity index (χ2v) is 9.57. The fourth-order valence-electron chi connectivity index (χ4n) is 3.95. The van der Waals surface area contributed by atoms with Gasteiger partial charge < -0.3 is 35.7 Å². The quantitative estimate of drug-likeness (QED) is 0.523. The molecule has 35 heavy (non-hydrogen) atoms. The van der Waals surface area contributed by atoms with Crippen LogP contribution in [0.15, 0.2) is 24.5 Å². The lowest BCUT2D eigenvalue weighted by Gasteiger charge is -2.33. The zero-order valence-corrected chi connectivity index (χ0v) is 20.3. The minimum absolute atomic E-state index is 0.0235. The van der Waals surface area contributed by atoms with E-state index in [2.05, 4.69) is 25.2 Å². The first-order valence-corrected chi connectivity index (χ1v) is 11.4. The molecular formula is C22H30BN7O5. The molecule has 12 nitrogen and oxygen atoms in total. The van der Waals surface area contributed by atoms with Crippen molar-refractivity contribution in [1.82, 2.24) is 15.0 Å². The van der Waals surface area contributed by atoms with Gasteiger partial charge in [-0.2, -0.15) is 0 Å². The number of aromatic nitrogens is 3. The summed E-state index contributed by atoms with van der Waals surface area (Å²) >= 11 is 0. The Morgan fingerprint density at radius 2 is 1.83 bits per heavy atom. The molecule has 2 amide bonds. The van der Waals surface area contributed by atoms with Crippen LogP contribution in [0.25, 0.3) is 0 Å². The van der Waals surface area contributed by atoms with Crippen LogP contribution < -0.4 is 27.3 Å². The summed E-state index contributed by atoms with van der Waals surface area (Å²) in [7, 11) is -0.783. The number of nitrogens with two attached hydrogens (primary N) is 2. The molecule has 4 rings (SSSR count). The van der Waals surface area contributed by atoms with E-state index in [0.717, 1.165) is 5.69 Å². The average Bonchev–Trinajstić information content (AvgIpc) is 3.01. The molecule has 0 saturated carbocycles. The lowest BCUT2D eigenvalue weighted by atomic mass is 9.85. The third-order valence-electron chi connectivity index (χ3n) is 6.61. The van der Waals surface area contributed by atoms with Gasteiger partial charge in [0.15, 0.2) is 17.3 Å². The summed E-state index contributed by atoms with van der Waals surface area (Å²) in [4.78, 5) is 39.1. The highest BCUT2D eigenvalue weighted by Gasteiger charge is 2.52. The molecule has 2 aromatic heterocycles. The van der Waals surface area contributed by atoms with Crippen molar-refractivity contribution >= 4 is 42.0 Å². The first-order chi connectivity index (χ1) is 16.5. The van der Waals surface area contributed by atoms with Crippen LogP contribution in [-0.2, 0) is 14.0 Å². The Morgan fingerprint density at radius 3 is 2.46 bits per heavy atom. The molecule has 2 saturated heterocycles. The number of hydrogen-bond donors (Lipinski definition) is 3. The summed E-state index contributed by atoms with van der Waals surface area (Å²) in [6.45, 7) is 8.92. The van der Waals surface area contributed by atoms with Gasteiger partial charge in [0, 0.05) is 38.3 Å². The highest BCUT2D eigenvalue weighted by molar-refractivity contribution is 6.61. The molecule has 0 unspecified atom stereocenters.